The summed E-state index contributed by atoms with van der Waals surface area (Å²) < 4.78 is 24.9. The topological polar surface area (TPSA) is 64.6 Å². The van der Waals surface area contributed by atoms with Crippen LogP contribution in [0.15, 0.2) is 18.2 Å². The number of unbranched alkanes of at least 4 members (excludes halogenated alkanes) is 2. The Bertz CT molecular complexity index is 744. The molecular formula is C18H22FNO4S. The van der Waals surface area contributed by atoms with Crippen molar-refractivity contribution in [2.45, 2.75) is 32.8 Å². The maximum Gasteiger partial charge on any atom is 0.349 e. The van der Waals surface area contributed by atoms with Gasteiger partial charge in [-0.2, -0.15) is 0 Å². The molecule has 1 N–H and O–H groups in total. The van der Waals surface area contributed by atoms with Crippen molar-refractivity contribution in [1.82, 2.24) is 5.32 Å². The number of nitrogens with one attached hydrogen (secondary N) is 1. The van der Waals surface area contributed by atoms with Crippen molar-refractivity contribution in [3.05, 3.63) is 34.5 Å². The molecule has 1 aromatic heterocycles. The lowest BCUT2D eigenvalue weighted by molar-refractivity contribution is -0.124. The molecule has 2 aromatic rings. The van der Waals surface area contributed by atoms with E-state index in [4.69, 9.17) is 9.47 Å². The Morgan fingerprint density at radius 2 is 2.08 bits per heavy atom. The number of rotatable bonds is 9. The van der Waals surface area contributed by atoms with Gasteiger partial charge in [0.15, 0.2) is 6.61 Å². The molecule has 1 heterocycles. The van der Waals surface area contributed by atoms with Gasteiger partial charge in [-0.05, 0) is 18.6 Å². The number of amides is 1. The molecule has 0 unspecified atom stereocenters. The number of thiophene rings is 1. The summed E-state index contributed by atoms with van der Waals surface area (Å²) in [5.74, 6) is -1.39. The van der Waals surface area contributed by atoms with Gasteiger partial charge in [0.2, 0.25) is 0 Å². The first kappa shape index (κ1) is 19.3. The average molecular weight is 367 g/mol. The molecule has 0 radical (unpaired) electrons. The molecule has 0 saturated heterocycles. The van der Waals surface area contributed by atoms with Crippen LogP contribution in [0.5, 0.6) is 0 Å². The molecule has 0 bridgehead atoms. The monoisotopic (exact) mass is 367 g/mol. The van der Waals surface area contributed by atoms with Gasteiger partial charge in [-0.3, -0.25) is 4.79 Å². The molecule has 0 spiro atoms. The van der Waals surface area contributed by atoms with Gasteiger partial charge in [-0.15, -0.1) is 11.3 Å². The fraction of sp³-hybridized carbons (Fsp3) is 0.444. The third kappa shape index (κ3) is 4.99. The van der Waals surface area contributed by atoms with Gasteiger partial charge in [0, 0.05) is 29.3 Å². The first-order valence-electron chi connectivity index (χ1n) is 8.21. The lowest BCUT2D eigenvalue weighted by Gasteiger charge is -2.07. The summed E-state index contributed by atoms with van der Waals surface area (Å²) in [6.45, 7) is 2.38. The summed E-state index contributed by atoms with van der Waals surface area (Å²) >= 11 is 1.14. The van der Waals surface area contributed by atoms with Gasteiger partial charge >= 0.3 is 5.97 Å². The number of hydrogen-bond acceptors (Lipinski definition) is 5. The fourth-order valence-electron chi connectivity index (χ4n) is 2.46. The van der Waals surface area contributed by atoms with Crippen LogP contribution in [0.1, 0.15) is 41.4 Å². The molecule has 0 aliphatic rings. The lowest BCUT2D eigenvalue weighted by Crippen LogP contribution is -2.29. The number of ether oxygens (including phenoxy) is 2. The van der Waals surface area contributed by atoms with E-state index in [1.807, 2.05) is 0 Å². The van der Waals surface area contributed by atoms with Crippen LogP contribution in [0.4, 0.5) is 4.39 Å². The van der Waals surface area contributed by atoms with Gasteiger partial charge in [0.05, 0.1) is 6.61 Å². The number of methoxy groups -OCH3 is 1. The molecule has 7 heteroatoms. The largest absolute Gasteiger partial charge is 0.451 e. The van der Waals surface area contributed by atoms with Crippen molar-refractivity contribution in [2.75, 3.05) is 20.3 Å². The first-order chi connectivity index (χ1) is 12.1. The number of carbonyl (C=O) groups excluding carboxylic acids is 2. The summed E-state index contributed by atoms with van der Waals surface area (Å²) in [7, 11) is 1.48. The van der Waals surface area contributed by atoms with Crippen molar-refractivity contribution in [1.29, 1.82) is 0 Å². The van der Waals surface area contributed by atoms with Crippen LogP contribution < -0.4 is 5.32 Å². The van der Waals surface area contributed by atoms with E-state index < -0.39 is 11.8 Å². The zero-order chi connectivity index (χ0) is 18.2. The molecule has 0 fully saturated rings. The summed E-state index contributed by atoms with van der Waals surface area (Å²) in [5.41, 5.74) is 0.453. The second-order valence-electron chi connectivity index (χ2n) is 5.59. The molecule has 1 aromatic carbocycles. The first-order valence-corrected chi connectivity index (χ1v) is 9.02. The lowest BCUT2D eigenvalue weighted by atomic mass is 10.1. The molecule has 136 valence electrons. The second-order valence-corrected chi connectivity index (χ2v) is 6.64. The minimum Gasteiger partial charge on any atom is -0.451 e. The number of esters is 1. The highest BCUT2D eigenvalue weighted by Gasteiger charge is 2.22. The highest BCUT2D eigenvalue weighted by molar-refractivity contribution is 7.21. The normalized spacial score (nSPS) is 10.8. The standard InChI is InChI=1S/C18H22FNO4S/c1-3-4-5-9-20-15(21)11-24-18(22)17-12(10-23-2)16-13(19)7-6-8-14(16)25-17/h6-8H,3-5,9-11H2,1-2H3,(H,20,21). The van der Waals surface area contributed by atoms with Crippen LogP contribution in [0.2, 0.25) is 0 Å². The summed E-state index contributed by atoms with van der Waals surface area (Å²) in [6.07, 6.45) is 2.99. The predicted octanol–water partition coefficient (Wildman–Crippen LogP) is 3.65. The van der Waals surface area contributed by atoms with Crippen LogP contribution in [-0.2, 0) is 20.9 Å². The molecule has 25 heavy (non-hydrogen) atoms. The molecular weight excluding hydrogens is 345 g/mol. The second kappa shape index (κ2) is 9.48. The van der Waals surface area contributed by atoms with E-state index in [1.165, 1.54) is 13.2 Å². The zero-order valence-corrected chi connectivity index (χ0v) is 15.2. The van der Waals surface area contributed by atoms with E-state index in [0.29, 0.717) is 22.2 Å². The van der Waals surface area contributed by atoms with Crippen LogP contribution >= 0.6 is 11.3 Å². The third-order valence-electron chi connectivity index (χ3n) is 3.67. The number of halogens is 1. The zero-order valence-electron chi connectivity index (χ0n) is 14.4. The van der Waals surface area contributed by atoms with Crippen LogP contribution in [0.25, 0.3) is 10.1 Å². The SMILES string of the molecule is CCCCCNC(=O)COC(=O)c1sc2cccc(F)c2c1COC. The molecule has 0 aliphatic carbocycles. The maximum absolute atomic E-state index is 14.1. The highest BCUT2D eigenvalue weighted by atomic mass is 32.1. The van der Waals surface area contributed by atoms with Gasteiger partial charge in [0.25, 0.3) is 5.91 Å². The van der Waals surface area contributed by atoms with Gasteiger partial charge in [-0.25, -0.2) is 9.18 Å². The average Bonchev–Trinajstić information content (AvgIpc) is 2.97. The van der Waals surface area contributed by atoms with Gasteiger partial charge in [-0.1, -0.05) is 25.8 Å². The Labute approximate surface area is 150 Å². The Balaban J connectivity index is 2.05. The number of hydrogen-bond donors (Lipinski definition) is 1. The predicted molar refractivity (Wildman–Crippen MR) is 95.3 cm³/mol. The minimum absolute atomic E-state index is 0.0918. The number of carbonyl (C=O) groups is 2. The maximum atomic E-state index is 14.1. The minimum atomic E-state index is -0.642. The van der Waals surface area contributed by atoms with Gasteiger partial charge in [0.1, 0.15) is 10.7 Å². The van der Waals surface area contributed by atoms with Crippen molar-refractivity contribution < 1.29 is 23.5 Å². The Morgan fingerprint density at radius 1 is 1.28 bits per heavy atom. The van der Waals surface area contributed by atoms with E-state index in [2.05, 4.69) is 12.2 Å². The van der Waals surface area contributed by atoms with Crippen LogP contribution in [0.3, 0.4) is 0 Å². The molecule has 5 nitrogen and oxygen atoms in total. The number of benzene rings is 1. The van der Waals surface area contributed by atoms with Crippen molar-refractivity contribution in [2.24, 2.45) is 0 Å². The highest BCUT2D eigenvalue weighted by Crippen LogP contribution is 2.34. The molecule has 0 aliphatic heterocycles. The molecule has 2 rings (SSSR count). The van der Waals surface area contributed by atoms with E-state index in [9.17, 15) is 14.0 Å². The molecule has 0 atom stereocenters. The third-order valence-corrected chi connectivity index (χ3v) is 4.85. The molecule has 1 amide bonds. The molecule has 0 saturated carbocycles. The van der Waals surface area contributed by atoms with E-state index >= 15 is 0 Å². The van der Waals surface area contributed by atoms with Crippen molar-refractivity contribution in [3.8, 4) is 0 Å². The van der Waals surface area contributed by atoms with Crippen LogP contribution in [0, 0.1) is 5.82 Å². The summed E-state index contributed by atoms with van der Waals surface area (Å²) in [5, 5.41) is 3.07. The Kier molecular flexibility index (Phi) is 7.33. The van der Waals surface area contributed by atoms with E-state index in [1.54, 1.807) is 12.1 Å². The smallest absolute Gasteiger partial charge is 0.349 e. The Hall–Kier alpha value is -1.99. The van der Waals surface area contributed by atoms with Crippen LogP contribution in [-0.4, -0.2) is 32.1 Å². The van der Waals surface area contributed by atoms with Crippen molar-refractivity contribution >= 4 is 33.3 Å². The quantitative estimate of drug-likeness (QED) is 0.543. The summed E-state index contributed by atoms with van der Waals surface area (Å²) in [4.78, 5) is 24.3. The van der Waals surface area contributed by atoms with Gasteiger partial charge < -0.3 is 14.8 Å². The Morgan fingerprint density at radius 3 is 2.80 bits per heavy atom. The number of fused-ring (bicyclic) bond motifs is 1. The van der Waals surface area contributed by atoms with E-state index in [0.717, 1.165) is 30.6 Å². The fourth-order valence-corrected chi connectivity index (χ4v) is 3.58. The van der Waals surface area contributed by atoms with Crippen molar-refractivity contribution in [3.63, 3.8) is 0 Å². The summed E-state index contributed by atoms with van der Waals surface area (Å²) in [6, 6.07) is 4.66. The van der Waals surface area contributed by atoms with E-state index in [-0.39, 0.29) is 24.0 Å².